The number of sulfonamides is 1. The molecule has 0 bridgehead atoms. The number of benzene rings is 1. The first-order valence-corrected chi connectivity index (χ1v) is 11.4. The third-order valence-electron chi connectivity index (χ3n) is 5.47. The Morgan fingerprint density at radius 2 is 1.83 bits per heavy atom. The highest BCUT2D eigenvalue weighted by atomic mass is 127. The van der Waals surface area contributed by atoms with E-state index in [9.17, 15) is 8.42 Å². The third kappa shape index (κ3) is 3.66. The summed E-state index contributed by atoms with van der Waals surface area (Å²) in [6.45, 7) is 4.73. The molecule has 0 radical (unpaired) electrons. The van der Waals surface area contributed by atoms with Gasteiger partial charge in [0.25, 0.3) is 0 Å². The lowest BCUT2D eigenvalue weighted by Crippen LogP contribution is -2.52. The van der Waals surface area contributed by atoms with Gasteiger partial charge in [-0.25, -0.2) is 13.1 Å². The number of alkyl halides is 1. The number of hydrogen-bond acceptors (Lipinski definition) is 3. The molecule has 1 heterocycles. The summed E-state index contributed by atoms with van der Waals surface area (Å²) in [5.41, 5.74) is 1.01. The SMILES string of the molecule is Cc1ccc(S(=O)(=O)N[C@H]2[C@@H]([C@@H](C)I)OCC23CCCCC3)cc1. The van der Waals surface area contributed by atoms with Crippen molar-refractivity contribution in [2.75, 3.05) is 6.61 Å². The van der Waals surface area contributed by atoms with Crippen LogP contribution in [-0.4, -0.2) is 31.1 Å². The van der Waals surface area contributed by atoms with E-state index >= 15 is 0 Å². The quantitative estimate of drug-likeness (QED) is 0.546. The molecule has 1 N–H and O–H groups in total. The van der Waals surface area contributed by atoms with Gasteiger partial charge in [-0.3, -0.25) is 0 Å². The summed E-state index contributed by atoms with van der Waals surface area (Å²) in [5, 5.41) is 0. The fraction of sp³-hybridized carbons (Fsp3) is 0.667. The lowest BCUT2D eigenvalue weighted by Gasteiger charge is -2.39. The first kappa shape index (κ1) is 18.6. The number of hydrogen-bond donors (Lipinski definition) is 1. The Morgan fingerprint density at radius 3 is 2.42 bits per heavy atom. The average Bonchev–Trinajstić information content (AvgIpc) is 2.86. The van der Waals surface area contributed by atoms with E-state index in [4.69, 9.17) is 4.74 Å². The first-order valence-electron chi connectivity index (χ1n) is 8.69. The van der Waals surface area contributed by atoms with Gasteiger partial charge in [-0.05, 0) is 31.9 Å². The predicted molar refractivity (Wildman–Crippen MR) is 104 cm³/mol. The molecule has 1 aliphatic heterocycles. The molecule has 4 nitrogen and oxygen atoms in total. The van der Waals surface area contributed by atoms with Gasteiger partial charge in [-0.1, -0.05) is 66.5 Å². The molecular formula is C18H26INO3S. The molecule has 1 spiro atoms. The summed E-state index contributed by atoms with van der Waals surface area (Å²) in [5.74, 6) is 0. The van der Waals surface area contributed by atoms with Crippen LogP contribution in [0.1, 0.15) is 44.6 Å². The van der Waals surface area contributed by atoms with E-state index in [1.807, 2.05) is 19.1 Å². The summed E-state index contributed by atoms with van der Waals surface area (Å²) < 4.78 is 35.2. The highest BCUT2D eigenvalue weighted by Gasteiger charge is 2.52. The van der Waals surface area contributed by atoms with E-state index < -0.39 is 10.0 Å². The van der Waals surface area contributed by atoms with Crippen molar-refractivity contribution >= 4 is 32.6 Å². The number of aryl methyl sites for hydroxylation is 1. The monoisotopic (exact) mass is 463 g/mol. The second-order valence-corrected chi connectivity index (χ2v) is 11.0. The van der Waals surface area contributed by atoms with Gasteiger partial charge in [0.15, 0.2) is 0 Å². The molecule has 24 heavy (non-hydrogen) atoms. The number of nitrogens with one attached hydrogen (secondary N) is 1. The summed E-state index contributed by atoms with van der Waals surface area (Å²) in [6, 6.07) is 6.91. The van der Waals surface area contributed by atoms with Crippen molar-refractivity contribution < 1.29 is 13.2 Å². The minimum Gasteiger partial charge on any atom is -0.375 e. The maximum absolute atomic E-state index is 12.9. The number of halogens is 1. The van der Waals surface area contributed by atoms with Gasteiger partial charge in [-0.15, -0.1) is 0 Å². The smallest absolute Gasteiger partial charge is 0.240 e. The fourth-order valence-corrected chi connectivity index (χ4v) is 6.02. The van der Waals surface area contributed by atoms with E-state index in [-0.39, 0.29) is 21.5 Å². The summed E-state index contributed by atoms with van der Waals surface area (Å²) >= 11 is 2.35. The molecule has 3 rings (SSSR count). The van der Waals surface area contributed by atoms with Crippen molar-refractivity contribution in [3.8, 4) is 0 Å². The maximum atomic E-state index is 12.9. The van der Waals surface area contributed by atoms with Gasteiger partial charge in [0.05, 0.1) is 23.6 Å². The molecule has 1 aromatic rings. The van der Waals surface area contributed by atoms with Crippen LogP contribution in [0.4, 0.5) is 0 Å². The van der Waals surface area contributed by atoms with Crippen molar-refractivity contribution in [3.05, 3.63) is 29.8 Å². The van der Waals surface area contributed by atoms with Gasteiger partial charge in [0, 0.05) is 9.34 Å². The number of rotatable bonds is 4. The Balaban J connectivity index is 1.89. The minimum absolute atomic E-state index is 0.0416. The maximum Gasteiger partial charge on any atom is 0.240 e. The zero-order valence-electron chi connectivity index (χ0n) is 14.3. The highest BCUT2D eigenvalue weighted by molar-refractivity contribution is 14.1. The average molecular weight is 463 g/mol. The standard InChI is InChI=1S/C18H26INO3S/c1-13-6-8-15(9-7-13)24(21,22)20-17-16(14(2)19)23-12-18(17)10-4-3-5-11-18/h6-9,14,16-17,20H,3-5,10-12H2,1-2H3/t14-,16-,17+/m1/s1. The molecule has 2 fully saturated rings. The van der Waals surface area contributed by atoms with Crippen LogP contribution >= 0.6 is 22.6 Å². The molecule has 3 atom stereocenters. The third-order valence-corrected chi connectivity index (χ3v) is 7.63. The van der Waals surface area contributed by atoms with Crippen molar-refractivity contribution in [1.29, 1.82) is 0 Å². The van der Waals surface area contributed by atoms with Gasteiger partial charge in [0.2, 0.25) is 10.0 Å². The molecule has 2 aliphatic rings. The molecule has 1 aliphatic carbocycles. The molecule has 0 unspecified atom stereocenters. The number of ether oxygens (including phenoxy) is 1. The lowest BCUT2D eigenvalue weighted by molar-refractivity contribution is 0.0869. The first-order chi connectivity index (χ1) is 11.3. The van der Waals surface area contributed by atoms with Crippen LogP contribution in [-0.2, 0) is 14.8 Å². The molecule has 1 saturated heterocycles. The van der Waals surface area contributed by atoms with Crippen LogP contribution in [0, 0.1) is 12.3 Å². The molecule has 134 valence electrons. The molecule has 1 saturated carbocycles. The van der Waals surface area contributed by atoms with Crippen molar-refractivity contribution in [2.24, 2.45) is 5.41 Å². The van der Waals surface area contributed by atoms with Crippen LogP contribution in [0.3, 0.4) is 0 Å². The molecule has 6 heteroatoms. The Morgan fingerprint density at radius 1 is 1.21 bits per heavy atom. The van der Waals surface area contributed by atoms with Crippen LogP contribution in [0.15, 0.2) is 29.2 Å². The van der Waals surface area contributed by atoms with Gasteiger partial charge >= 0.3 is 0 Å². The van der Waals surface area contributed by atoms with Crippen LogP contribution in [0.25, 0.3) is 0 Å². The summed E-state index contributed by atoms with van der Waals surface area (Å²) in [7, 11) is -3.54. The van der Waals surface area contributed by atoms with Crippen LogP contribution in [0.2, 0.25) is 0 Å². The fourth-order valence-electron chi connectivity index (χ4n) is 4.05. The van der Waals surface area contributed by atoms with E-state index in [2.05, 4.69) is 34.2 Å². The second kappa shape index (κ2) is 7.21. The zero-order valence-corrected chi connectivity index (χ0v) is 17.3. The zero-order chi connectivity index (χ0) is 17.4. The topological polar surface area (TPSA) is 55.4 Å². The largest absolute Gasteiger partial charge is 0.375 e. The Bertz CT molecular complexity index is 666. The van der Waals surface area contributed by atoms with Crippen LogP contribution < -0.4 is 4.72 Å². The van der Waals surface area contributed by atoms with Gasteiger partial charge in [0.1, 0.15) is 0 Å². The van der Waals surface area contributed by atoms with Gasteiger partial charge < -0.3 is 4.74 Å². The normalized spacial score (nSPS) is 28.1. The summed E-state index contributed by atoms with van der Waals surface area (Å²) in [4.78, 5) is 0.339. The molecular weight excluding hydrogens is 437 g/mol. The van der Waals surface area contributed by atoms with Gasteiger partial charge in [-0.2, -0.15) is 0 Å². The minimum atomic E-state index is -3.54. The predicted octanol–water partition coefficient (Wildman–Crippen LogP) is 3.81. The van der Waals surface area contributed by atoms with Crippen molar-refractivity contribution in [2.45, 2.75) is 66.9 Å². The molecule has 0 amide bonds. The Labute approximate surface area is 158 Å². The molecule has 1 aromatic carbocycles. The Hall–Kier alpha value is -0.180. The Kier molecular flexibility index (Phi) is 5.59. The van der Waals surface area contributed by atoms with E-state index in [1.54, 1.807) is 12.1 Å². The van der Waals surface area contributed by atoms with E-state index in [1.165, 1.54) is 6.42 Å². The van der Waals surface area contributed by atoms with E-state index in [0.29, 0.717) is 11.5 Å². The van der Waals surface area contributed by atoms with Crippen LogP contribution in [0.5, 0.6) is 0 Å². The second-order valence-electron chi connectivity index (χ2n) is 7.29. The van der Waals surface area contributed by atoms with E-state index in [0.717, 1.165) is 31.2 Å². The lowest BCUT2D eigenvalue weighted by atomic mass is 9.70. The molecule has 0 aromatic heterocycles. The van der Waals surface area contributed by atoms with Crippen molar-refractivity contribution in [1.82, 2.24) is 4.72 Å². The highest BCUT2D eigenvalue weighted by Crippen LogP contribution is 2.47. The summed E-state index contributed by atoms with van der Waals surface area (Å²) in [6.07, 6.45) is 5.60. The van der Waals surface area contributed by atoms with Crippen molar-refractivity contribution in [3.63, 3.8) is 0 Å².